The van der Waals surface area contributed by atoms with Crippen molar-refractivity contribution in [1.29, 1.82) is 0 Å². The van der Waals surface area contributed by atoms with Crippen LogP contribution in [0.4, 0.5) is 30.0 Å². The van der Waals surface area contributed by atoms with E-state index in [-0.39, 0.29) is 18.1 Å². The molecule has 0 radical (unpaired) electrons. The number of amides is 3. The van der Waals surface area contributed by atoms with Crippen molar-refractivity contribution in [3.63, 3.8) is 0 Å². The molecule has 0 spiro atoms. The van der Waals surface area contributed by atoms with Crippen LogP contribution in [0.3, 0.4) is 0 Å². The zero-order valence-electron chi connectivity index (χ0n) is 22.5. The summed E-state index contributed by atoms with van der Waals surface area (Å²) in [5.41, 5.74) is 0.237. The molecule has 2 saturated heterocycles. The molecular weight excluding hydrogens is 508 g/mol. The molecule has 1 N–H and O–H groups in total. The molecule has 0 aliphatic carbocycles. The van der Waals surface area contributed by atoms with Gasteiger partial charge in [0.05, 0.1) is 6.04 Å². The van der Waals surface area contributed by atoms with Crippen LogP contribution in [-0.2, 0) is 4.74 Å². The molecule has 1 aromatic carbocycles. The fourth-order valence-electron chi connectivity index (χ4n) is 5.15. The molecule has 39 heavy (non-hydrogen) atoms. The maximum absolute atomic E-state index is 14.5. The highest BCUT2D eigenvalue weighted by Gasteiger charge is 2.33. The minimum absolute atomic E-state index is 0.207. The lowest BCUT2D eigenvalue weighted by Gasteiger charge is -2.40. The SMILES string of the molecule is C[C@H]1CN(C(=O)Nc2cc3nc(N4CCC[C@@H]4c4cc(F)ccc4F)ccn3n2)CCN1C(=O)OC(C)(C)C. The van der Waals surface area contributed by atoms with Gasteiger partial charge in [-0.3, -0.25) is 5.32 Å². The second-order valence-corrected chi connectivity index (χ2v) is 11.0. The van der Waals surface area contributed by atoms with Crippen molar-refractivity contribution in [1.82, 2.24) is 24.4 Å². The number of urea groups is 1. The van der Waals surface area contributed by atoms with Gasteiger partial charge in [-0.15, -0.1) is 5.10 Å². The molecule has 3 aromatic rings. The Balaban J connectivity index is 1.26. The fourth-order valence-corrected chi connectivity index (χ4v) is 5.15. The molecule has 10 nitrogen and oxygen atoms in total. The van der Waals surface area contributed by atoms with Crippen molar-refractivity contribution in [2.75, 3.05) is 36.4 Å². The number of ether oxygens (including phenoxy) is 1. The summed E-state index contributed by atoms with van der Waals surface area (Å²) >= 11 is 0. The van der Waals surface area contributed by atoms with E-state index in [1.54, 1.807) is 32.6 Å². The Bertz CT molecular complexity index is 1390. The average Bonchev–Trinajstić information content (AvgIpc) is 3.50. The van der Waals surface area contributed by atoms with Crippen LogP contribution in [0.2, 0.25) is 0 Å². The van der Waals surface area contributed by atoms with E-state index in [1.165, 1.54) is 6.07 Å². The topological polar surface area (TPSA) is 95.3 Å². The second kappa shape index (κ2) is 10.3. The maximum Gasteiger partial charge on any atom is 0.410 e. The number of benzene rings is 1. The first kappa shape index (κ1) is 26.6. The number of carbonyl (C=O) groups excluding carboxylic acids is 2. The van der Waals surface area contributed by atoms with Gasteiger partial charge in [0.25, 0.3) is 0 Å². The van der Waals surface area contributed by atoms with Crippen LogP contribution in [0.25, 0.3) is 5.65 Å². The molecule has 12 heteroatoms. The van der Waals surface area contributed by atoms with Crippen LogP contribution in [-0.4, -0.2) is 74.3 Å². The summed E-state index contributed by atoms with van der Waals surface area (Å²) in [6, 6.07) is 6.11. The smallest absolute Gasteiger partial charge is 0.410 e. The van der Waals surface area contributed by atoms with Gasteiger partial charge in [0, 0.05) is 50.0 Å². The Morgan fingerprint density at radius 3 is 2.64 bits per heavy atom. The number of nitrogens with one attached hydrogen (secondary N) is 1. The van der Waals surface area contributed by atoms with Gasteiger partial charge in [-0.25, -0.2) is 27.9 Å². The minimum Gasteiger partial charge on any atom is -0.444 e. The van der Waals surface area contributed by atoms with Crippen molar-refractivity contribution in [3.05, 3.63) is 53.7 Å². The van der Waals surface area contributed by atoms with E-state index < -0.39 is 23.3 Å². The Labute approximate surface area is 225 Å². The van der Waals surface area contributed by atoms with E-state index in [1.807, 2.05) is 32.6 Å². The van der Waals surface area contributed by atoms with Gasteiger partial charge >= 0.3 is 12.1 Å². The van der Waals surface area contributed by atoms with Crippen molar-refractivity contribution >= 4 is 29.4 Å². The van der Waals surface area contributed by atoms with Gasteiger partial charge < -0.3 is 19.4 Å². The first-order valence-electron chi connectivity index (χ1n) is 13.1. The van der Waals surface area contributed by atoms with Crippen molar-refractivity contribution in [2.45, 2.75) is 58.2 Å². The molecule has 208 valence electrons. The van der Waals surface area contributed by atoms with Crippen LogP contribution in [0.1, 0.15) is 52.1 Å². The summed E-state index contributed by atoms with van der Waals surface area (Å²) in [6.07, 6.45) is 2.85. The van der Waals surface area contributed by atoms with E-state index in [0.29, 0.717) is 55.4 Å². The highest BCUT2D eigenvalue weighted by molar-refractivity contribution is 5.89. The lowest BCUT2D eigenvalue weighted by Crippen LogP contribution is -2.57. The van der Waals surface area contributed by atoms with Crippen molar-refractivity contribution in [2.24, 2.45) is 0 Å². The van der Waals surface area contributed by atoms with Crippen LogP contribution >= 0.6 is 0 Å². The molecule has 3 amide bonds. The Morgan fingerprint density at radius 2 is 1.90 bits per heavy atom. The van der Waals surface area contributed by atoms with Crippen molar-refractivity contribution in [3.8, 4) is 0 Å². The predicted molar refractivity (Wildman–Crippen MR) is 142 cm³/mol. The Kier molecular flexibility index (Phi) is 7.04. The van der Waals surface area contributed by atoms with Gasteiger partial charge in [-0.05, 0) is 64.8 Å². The third kappa shape index (κ3) is 5.74. The quantitative estimate of drug-likeness (QED) is 0.511. The zero-order valence-corrected chi connectivity index (χ0v) is 22.5. The first-order valence-corrected chi connectivity index (χ1v) is 13.1. The molecule has 0 saturated carbocycles. The number of halogens is 2. The van der Waals surface area contributed by atoms with Gasteiger partial charge in [0.2, 0.25) is 0 Å². The van der Waals surface area contributed by atoms with Gasteiger partial charge in [-0.2, -0.15) is 0 Å². The van der Waals surface area contributed by atoms with E-state index in [2.05, 4.69) is 15.4 Å². The summed E-state index contributed by atoms with van der Waals surface area (Å²) in [5, 5.41) is 7.22. The summed E-state index contributed by atoms with van der Waals surface area (Å²) in [7, 11) is 0. The lowest BCUT2D eigenvalue weighted by atomic mass is 10.0. The van der Waals surface area contributed by atoms with E-state index in [4.69, 9.17) is 4.74 Å². The number of hydrogen-bond donors (Lipinski definition) is 1. The van der Waals surface area contributed by atoms with Gasteiger partial charge in [0.15, 0.2) is 11.5 Å². The number of carbonyl (C=O) groups is 2. The monoisotopic (exact) mass is 541 g/mol. The third-order valence-corrected chi connectivity index (χ3v) is 6.95. The minimum atomic E-state index is -0.590. The molecular formula is C27H33F2N7O3. The normalized spacial score (nSPS) is 20.0. The molecule has 0 unspecified atom stereocenters. The summed E-state index contributed by atoms with van der Waals surface area (Å²) in [4.78, 5) is 35.4. The number of aromatic nitrogens is 3. The number of hydrogen-bond acceptors (Lipinski definition) is 6. The van der Waals surface area contributed by atoms with Crippen LogP contribution in [0.15, 0.2) is 36.5 Å². The van der Waals surface area contributed by atoms with E-state index in [0.717, 1.165) is 18.6 Å². The Hall–Kier alpha value is -3.96. The third-order valence-electron chi connectivity index (χ3n) is 6.95. The highest BCUT2D eigenvalue weighted by Crippen LogP contribution is 2.36. The number of piperazine rings is 1. The average molecular weight is 542 g/mol. The fraction of sp³-hybridized carbons (Fsp3) is 0.481. The lowest BCUT2D eigenvalue weighted by molar-refractivity contribution is 0.00588. The molecule has 2 aliphatic heterocycles. The summed E-state index contributed by atoms with van der Waals surface area (Å²) in [6.45, 7) is 9.07. The summed E-state index contributed by atoms with van der Waals surface area (Å²) < 4.78 is 35.4. The number of anilines is 2. The van der Waals surface area contributed by atoms with Gasteiger partial charge in [-0.1, -0.05) is 0 Å². The summed E-state index contributed by atoms with van der Waals surface area (Å²) in [5.74, 6) is 0.0445. The second-order valence-electron chi connectivity index (χ2n) is 11.0. The molecule has 4 heterocycles. The highest BCUT2D eigenvalue weighted by atomic mass is 19.1. The molecule has 2 aromatic heterocycles. The predicted octanol–water partition coefficient (Wildman–Crippen LogP) is 4.82. The number of nitrogens with zero attached hydrogens (tertiary/aromatic N) is 6. The standard InChI is InChI=1S/C27H33F2N7O3/c1-17-16-33(12-13-34(17)26(38)39-27(2,3)4)25(37)30-22-15-24-31-23(9-11-36(24)32-22)35-10-5-6-21(35)19-14-18(28)7-8-20(19)29/h7-9,11,14-15,17,21H,5-6,10,12-13,16H2,1-4H3,(H,30,32,37)/t17-,21+/m0/s1. The Morgan fingerprint density at radius 1 is 1.10 bits per heavy atom. The molecule has 2 fully saturated rings. The number of fused-ring (bicyclic) bond motifs is 1. The molecule has 2 atom stereocenters. The van der Waals surface area contributed by atoms with E-state index in [9.17, 15) is 18.4 Å². The molecule has 2 aliphatic rings. The zero-order chi connectivity index (χ0) is 27.9. The molecule has 5 rings (SSSR count). The molecule has 0 bridgehead atoms. The van der Waals surface area contributed by atoms with Crippen molar-refractivity contribution < 1.29 is 23.1 Å². The van der Waals surface area contributed by atoms with Gasteiger partial charge in [0.1, 0.15) is 23.1 Å². The largest absolute Gasteiger partial charge is 0.444 e. The number of rotatable bonds is 3. The van der Waals surface area contributed by atoms with Crippen LogP contribution in [0, 0.1) is 11.6 Å². The van der Waals surface area contributed by atoms with E-state index >= 15 is 0 Å². The van der Waals surface area contributed by atoms with Crippen LogP contribution < -0.4 is 10.2 Å². The maximum atomic E-state index is 14.5. The first-order chi connectivity index (χ1) is 18.5. The van der Waals surface area contributed by atoms with Crippen LogP contribution in [0.5, 0.6) is 0 Å².